The van der Waals surface area contributed by atoms with Crippen LogP contribution in [0.5, 0.6) is 0 Å². The molecule has 96 valence electrons. The van der Waals surface area contributed by atoms with Crippen molar-refractivity contribution in [3.05, 3.63) is 29.6 Å². The summed E-state index contributed by atoms with van der Waals surface area (Å²) in [5.41, 5.74) is 1.80. The van der Waals surface area contributed by atoms with Crippen molar-refractivity contribution in [1.82, 2.24) is 10.3 Å². The SMILES string of the molecule is CC1(CNCc2cccnc2C#N)CCOCC1. The molecule has 1 aliphatic rings. The Balaban J connectivity index is 1.86. The minimum absolute atomic E-state index is 0.313. The normalized spacial score (nSPS) is 18.2. The summed E-state index contributed by atoms with van der Waals surface area (Å²) in [5, 5.41) is 12.4. The largest absolute Gasteiger partial charge is 0.381 e. The van der Waals surface area contributed by atoms with Gasteiger partial charge in [0.15, 0.2) is 0 Å². The highest BCUT2D eigenvalue weighted by atomic mass is 16.5. The predicted molar refractivity (Wildman–Crippen MR) is 68.8 cm³/mol. The number of rotatable bonds is 4. The molecule has 1 fully saturated rings. The van der Waals surface area contributed by atoms with Crippen LogP contribution in [0, 0.1) is 16.7 Å². The lowest BCUT2D eigenvalue weighted by molar-refractivity contribution is 0.0240. The third-order valence-corrected chi connectivity index (χ3v) is 3.56. The maximum absolute atomic E-state index is 8.96. The van der Waals surface area contributed by atoms with Gasteiger partial charge in [-0.25, -0.2) is 4.98 Å². The van der Waals surface area contributed by atoms with E-state index in [1.165, 1.54) is 0 Å². The van der Waals surface area contributed by atoms with Gasteiger partial charge in [0, 0.05) is 38.1 Å². The van der Waals surface area contributed by atoms with Gasteiger partial charge in [0.25, 0.3) is 0 Å². The molecule has 0 unspecified atom stereocenters. The number of nitrogens with zero attached hydrogens (tertiary/aromatic N) is 2. The van der Waals surface area contributed by atoms with Gasteiger partial charge >= 0.3 is 0 Å². The topological polar surface area (TPSA) is 57.9 Å². The number of hydrogen-bond donors (Lipinski definition) is 1. The van der Waals surface area contributed by atoms with E-state index in [-0.39, 0.29) is 0 Å². The van der Waals surface area contributed by atoms with Gasteiger partial charge < -0.3 is 10.1 Å². The van der Waals surface area contributed by atoms with Crippen LogP contribution in [0.2, 0.25) is 0 Å². The van der Waals surface area contributed by atoms with E-state index >= 15 is 0 Å². The monoisotopic (exact) mass is 245 g/mol. The molecule has 1 aliphatic heterocycles. The number of aromatic nitrogens is 1. The van der Waals surface area contributed by atoms with E-state index in [4.69, 9.17) is 10.00 Å². The van der Waals surface area contributed by atoms with Crippen LogP contribution in [-0.4, -0.2) is 24.7 Å². The van der Waals surface area contributed by atoms with Gasteiger partial charge in [0.05, 0.1) is 0 Å². The minimum atomic E-state index is 0.313. The molecule has 0 bridgehead atoms. The van der Waals surface area contributed by atoms with E-state index in [0.29, 0.717) is 17.7 Å². The number of nitrogens with one attached hydrogen (secondary N) is 1. The molecular weight excluding hydrogens is 226 g/mol. The molecular formula is C14H19N3O. The second kappa shape index (κ2) is 5.94. The van der Waals surface area contributed by atoms with Crippen molar-refractivity contribution in [2.24, 2.45) is 5.41 Å². The average Bonchev–Trinajstić information content (AvgIpc) is 2.40. The minimum Gasteiger partial charge on any atom is -0.381 e. The molecule has 2 rings (SSSR count). The predicted octanol–water partition coefficient (Wildman–Crippen LogP) is 1.86. The van der Waals surface area contributed by atoms with Crippen molar-refractivity contribution < 1.29 is 4.74 Å². The van der Waals surface area contributed by atoms with Gasteiger partial charge in [0.1, 0.15) is 11.8 Å². The second-order valence-electron chi connectivity index (χ2n) is 5.15. The second-order valence-corrected chi connectivity index (χ2v) is 5.15. The smallest absolute Gasteiger partial charge is 0.144 e. The molecule has 1 aromatic rings. The summed E-state index contributed by atoms with van der Waals surface area (Å²) in [5.74, 6) is 0. The van der Waals surface area contributed by atoms with Crippen LogP contribution in [0.4, 0.5) is 0 Å². The number of ether oxygens (including phenoxy) is 1. The van der Waals surface area contributed by atoms with Crippen molar-refractivity contribution in [2.75, 3.05) is 19.8 Å². The van der Waals surface area contributed by atoms with Crippen LogP contribution in [0.3, 0.4) is 0 Å². The van der Waals surface area contributed by atoms with Crippen LogP contribution >= 0.6 is 0 Å². The Labute approximate surface area is 108 Å². The summed E-state index contributed by atoms with van der Waals surface area (Å²) in [6, 6.07) is 5.94. The van der Waals surface area contributed by atoms with E-state index in [9.17, 15) is 0 Å². The number of hydrogen-bond acceptors (Lipinski definition) is 4. The van der Waals surface area contributed by atoms with E-state index in [1.807, 2.05) is 12.1 Å². The van der Waals surface area contributed by atoms with Gasteiger partial charge in [-0.2, -0.15) is 5.26 Å². The van der Waals surface area contributed by atoms with E-state index in [2.05, 4.69) is 23.3 Å². The van der Waals surface area contributed by atoms with Crippen LogP contribution in [0.1, 0.15) is 31.0 Å². The molecule has 4 heteroatoms. The van der Waals surface area contributed by atoms with E-state index in [1.54, 1.807) is 6.20 Å². The Morgan fingerprint density at radius 2 is 2.28 bits per heavy atom. The zero-order valence-corrected chi connectivity index (χ0v) is 10.8. The third kappa shape index (κ3) is 3.28. The Kier molecular flexibility index (Phi) is 4.29. The highest BCUT2D eigenvalue weighted by Crippen LogP contribution is 2.28. The fraction of sp³-hybridized carbons (Fsp3) is 0.571. The fourth-order valence-electron chi connectivity index (χ4n) is 2.22. The van der Waals surface area contributed by atoms with Gasteiger partial charge in [-0.3, -0.25) is 0 Å². The highest BCUT2D eigenvalue weighted by molar-refractivity contribution is 5.30. The summed E-state index contributed by atoms with van der Waals surface area (Å²) in [4.78, 5) is 4.06. The molecule has 0 aliphatic carbocycles. The molecule has 0 aromatic carbocycles. The first-order valence-electron chi connectivity index (χ1n) is 6.36. The summed E-state index contributed by atoms with van der Waals surface area (Å²) in [6.07, 6.45) is 3.85. The molecule has 0 spiro atoms. The van der Waals surface area contributed by atoms with Crippen LogP contribution < -0.4 is 5.32 Å². The van der Waals surface area contributed by atoms with E-state index < -0.39 is 0 Å². The van der Waals surface area contributed by atoms with Crippen LogP contribution in [0.25, 0.3) is 0 Å². The molecule has 1 aromatic heterocycles. The van der Waals surface area contributed by atoms with Crippen molar-refractivity contribution >= 4 is 0 Å². The molecule has 0 radical (unpaired) electrons. The molecule has 2 heterocycles. The lowest BCUT2D eigenvalue weighted by Gasteiger charge is -2.33. The van der Waals surface area contributed by atoms with Crippen molar-refractivity contribution in [2.45, 2.75) is 26.3 Å². The maximum Gasteiger partial charge on any atom is 0.144 e. The molecule has 4 nitrogen and oxygen atoms in total. The Morgan fingerprint density at radius 3 is 3.00 bits per heavy atom. The van der Waals surface area contributed by atoms with Crippen LogP contribution in [0.15, 0.2) is 18.3 Å². The maximum atomic E-state index is 8.96. The summed E-state index contributed by atoms with van der Waals surface area (Å²) >= 11 is 0. The Hall–Kier alpha value is -1.44. The molecule has 0 amide bonds. The highest BCUT2D eigenvalue weighted by Gasteiger charge is 2.26. The molecule has 1 N–H and O–H groups in total. The standard InChI is InChI=1S/C14H19N3O/c1-14(4-7-18-8-5-14)11-16-10-12-3-2-6-17-13(12)9-15/h2-3,6,16H,4-5,7-8,10-11H2,1H3. The first kappa shape index (κ1) is 13.0. The van der Waals surface area contributed by atoms with Crippen LogP contribution in [-0.2, 0) is 11.3 Å². The summed E-state index contributed by atoms with van der Waals surface area (Å²) in [7, 11) is 0. The van der Waals surface area contributed by atoms with Gasteiger partial charge in [0.2, 0.25) is 0 Å². The molecule has 0 saturated carbocycles. The first-order valence-corrected chi connectivity index (χ1v) is 6.36. The van der Waals surface area contributed by atoms with E-state index in [0.717, 1.165) is 38.2 Å². The van der Waals surface area contributed by atoms with Gasteiger partial charge in [-0.15, -0.1) is 0 Å². The lowest BCUT2D eigenvalue weighted by atomic mass is 9.82. The molecule has 1 saturated heterocycles. The quantitative estimate of drug-likeness (QED) is 0.879. The summed E-state index contributed by atoms with van der Waals surface area (Å²) < 4.78 is 5.39. The Bertz CT molecular complexity index is 433. The van der Waals surface area contributed by atoms with Crippen molar-refractivity contribution in [1.29, 1.82) is 5.26 Å². The first-order chi connectivity index (χ1) is 8.73. The number of pyridine rings is 1. The third-order valence-electron chi connectivity index (χ3n) is 3.56. The fourth-order valence-corrected chi connectivity index (χ4v) is 2.22. The van der Waals surface area contributed by atoms with Crippen molar-refractivity contribution in [3.8, 4) is 6.07 Å². The average molecular weight is 245 g/mol. The van der Waals surface area contributed by atoms with Gasteiger partial charge in [-0.05, 0) is 24.3 Å². The number of nitriles is 1. The van der Waals surface area contributed by atoms with Crippen molar-refractivity contribution in [3.63, 3.8) is 0 Å². The Morgan fingerprint density at radius 1 is 1.50 bits per heavy atom. The zero-order valence-electron chi connectivity index (χ0n) is 10.8. The zero-order chi connectivity index (χ0) is 12.8. The van der Waals surface area contributed by atoms with Gasteiger partial charge in [-0.1, -0.05) is 13.0 Å². The molecule has 0 atom stereocenters. The molecule has 18 heavy (non-hydrogen) atoms. The summed E-state index contributed by atoms with van der Waals surface area (Å²) in [6.45, 7) is 5.66. The lowest BCUT2D eigenvalue weighted by Crippen LogP contribution is -2.36.